The molecule has 0 heterocycles. The Labute approximate surface area is 102 Å². The summed E-state index contributed by atoms with van der Waals surface area (Å²) >= 11 is 0. The van der Waals surface area contributed by atoms with Crippen molar-refractivity contribution in [3.63, 3.8) is 0 Å². The Morgan fingerprint density at radius 1 is 0.722 bits per heavy atom. The van der Waals surface area contributed by atoms with Crippen molar-refractivity contribution in [1.82, 2.24) is 0 Å². The minimum absolute atomic E-state index is 1.33. The molecule has 0 unspecified atom stereocenters. The quantitative estimate of drug-likeness (QED) is 0.319. The summed E-state index contributed by atoms with van der Waals surface area (Å²) in [5.41, 5.74) is 0. The Bertz CT molecular complexity index is 516. The van der Waals surface area contributed by atoms with Crippen molar-refractivity contribution in [3.8, 4) is 0 Å². The summed E-state index contributed by atoms with van der Waals surface area (Å²) in [7, 11) is -15.8. The van der Waals surface area contributed by atoms with Crippen LogP contribution in [-0.2, 0) is 43.7 Å². The second-order valence-electron chi connectivity index (χ2n) is 2.51. The van der Waals surface area contributed by atoms with Gasteiger partial charge in [0.05, 0.1) is 13.2 Å². The minimum atomic E-state index is -5.36. The van der Waals surface area contributed by atoms with E-state index in [0.29, 0.717) is 0 Å². The molecule has 0 aliphatic heterocycles. The summed E-state index contributed by atoms with van der Waals surface area (Å²) in [6, 6.07) is 0. The molecule has 18 heavy (non-hydrogen) atoms. The first-order valence-electron chi connectivity index (χ1n) is 3.63. The van der Waals surface area contributed by atoms with Gasteiger partial charge in [-0.1, -0.05) is 0 Å². The van der Waals surface area contributed by atoms with E-state index in [0.717, 1.165) is 0 Å². The van der Waals surface area contributed by atoms with Gasteiger partial charge in [-0.15, -0.1) is 0 Å². The lowest BCUT2D eigenvalue weighted by atomic mass is 10.4. The van der Waals surface area contributed by atoms with Gasteiger partial charge in [0.1, 0.15) is 6.10 Å². The lowest BCUT2D eigenvalue weighted by molar-refractivity contribution is 0.0687. The van der Waals surface area contributed by atoms with Gasteiger partial charge in [0.2, 0.25) is 31.2 Å². The van der Waals surface area contributed by atoms with Gasteiger partial charge < -0.3 is 13.7 Å². The van der Waals surface area contributed by atoms with Gasteiger partial charge in [0.25, 0.3) is 0 Å². The Kier molecular flexibility index (Phi) is 6.04. The fourth-order valence-corrected chi connectivity index (χ4v) is 1.67. The van der Waals surface area contributed by atoms with Crippen LogP contribution < -0.4 is 0 Å². The van der Waals surface area contributed by atoms with E-state index in [-0.39, 0.29) is 0 Å². The Hall–Kier alpha value is -0.390. The fraction of sp³-hybridized carbons (Fsp3) is 1.00. The van der Waals surface area contributed by atoms with Crippen molar-refractivity contribution in [2.24, 2.45) is 0 Å². The Morgan fingerprint density at radius 2 is 1.06 bits per heavy atom. The Balaban J connectivity index is 4.63. The van der Waals surface area contributed by atoms with Gasteiger partial charge in [0.15, 0.2) is 0 Å². The topological polar surface area (TPSA) is 199 Å². The summed E-state index contributed by atoms with van der Waals surface area (Å²) in [6.07, 6.45) is -2.10. The van der Waals surface area contributed by atoms with Gasteiger partial charge in [-0.3, -0.25) is 12.5 Å². The number of rotatable bonds is 8. The van der Waals surface area contributed by atoms with Crippen molar-refractivity contribution < 1.29 is 51.5 Å². The summed E-state index contributed by atoms with van der Waals surface area (Å²) in [4.78, 5) is 0. The molecule has 0 aliphatic rings. The predicted molar refractivity (Wildman–Crippen MR) is 45.9 cm³/mol. The average molecular weight is 329 g/mol. The van der Waals surface area contributed by atoms with E-state index in [1.165, 1.54) is 0 Å². The van der Waals surface area contributed by atoms with Gasteiger partial charge in [0, 0.05) is 0 Å². The molecular weight excluding hydrogens is 324 g/mol. The van der Waals surface area contributed by atoms with Crippen LogP contribution in [0.3, 0.4) is 0 Å². The third-order valence-electron chi connectivity index (χ3n) is 1.05. The van der Waals surface area contributed by atoms with Crippen LogP contribution in [0, 0.1) is 0 Å². The molecule has 110 valence electrons. The molecule has 0 N–H and O–H groups in total. The molecule has 0 aromatic rings. The first kappa shape index (κ1) is 17.6. The van der Waals surface area contributed by atoms with Crippen LogP contribution in [-0.4, -0.2) is 58.2 Å². The standard InChI is InChI=1S/C3H8O12S3/c4-16(5,6)13-1-3(15-18(10,11)12)2-14-17(7,8)9/h3H,1-2H2,(H,4,5,6)(H,7,8,9)(H,10,11,12)/p-3. The SMILES string of the molecule is O=S(=O)([O-])OCC(COS(=O)(=O)[O-])OS(=O)(=O)[O-]. The maximum atomic E-state index is 10.1. The van der Waals surface area contributed by atoms with Crippen LogP contribution in [0.2, 0.25) is 0 Å². The van der Waals surface area contributed by atoms with Crippen molar-refractivity contribution in [2.75, 3.05) is 13.2 Å². The molecule has 0 rings (SSSR count). The van der Waals surface area contributed by atoms with Gasteiger partial charge in [-0.2, -0.15) is 0 Å². The van der Waals surface area contributed by atoms with E-state index in [1.807, 2.05) is 0 Å². The van der Waals surface area contributed by atoms with Crippen molar-refractivity contribution in [1.29, 1.82) is 0 Å². The fourth-order valence-electron chi connectivity index (χ4n) is 0.589. The third kappa shape index (κ3) is 12.1. The molecule has 0 fully saturated rings. The lowest BCUT2D eigenvalue weighted by Crippen LogP contribution is -2.30. The maximum Gasteiger partial charge on any atom is 0.218 e. The van der Waals surface area contributed by atoms with Crippen LogP contribution in [0.25, 0.3) is 0 Å². The predicted octanol–water partition coefficient (Wildman–Crippen LogP) is -3.21. The second-order valence-corrected chi connectivity index (χ2v) is 5.63. The highest BCUT2D eigenvalue weighted by atomic mass is 32.3. The van der Waals surface area contributed by atoms with Crippen LogP contribution in [0.15, 0.2) is 0 Å². The third-order valence-corrected chi connectivity index (χ3v) is 2.41. The molecule has 0 radical (unpaired) electrons. The molecule has 0 spiro atoms. The molecule has 15 heteroatoms. The zero-order valence-corrected chi connectivity index (χ0v) is 10.6. The smallest absolute Gasteiger partial charge is 0.218 e. The summed E-state index contributed by atoms with van der Waals surface area (Å²) < 4.78 is 101. The molecular formula is C3H5O12S3-3. The molecule has 0 amide bonds. The molecule has 12 nitrogen and oxygen atoms in total. The van der Waals surface area contributed by atoms with Crippen molar-refractivity contribution >= 4 is 31.2 Å². The highest BCUT2D eigenvalue weighted by Crippen LogP contribution is 2.03. The molecule has 0 aromatic carbocycles. The molecule has 0 saturated heterocycles. The zero-order chi connectivity index (χ0) is 14.6. The van der Waals surface area contributed by atoms with Gasteiger partial charge in [-0.05, 0) is 0 Å². The van der Waals surface area contributed by atoms with Crippen molar-refractivity contribution in [2.45, 2.75) is 6.10 Å². The van der Waals surface area contributed by atoms with E-state index < -0.39 is 50.5 Å². The van der Waals surface area contributed by atoms with Crippen LogP contribution in [0.1, 0.15) is 0 Å². The van der Waals surface area contributed by atoms with Gasteiger partial charge >= 0.3 is 0 Å². The molecule has 0 bridgehead atoms. The van der Waals surface area contributed by atoms with E-state index in [4.69, 9.17) is 0 Å². The lowest BCUT2D eigenvalue weighted by Gasteiger charge is -2.20. The summed E-state index contributed by atoms with van der Waals surface area (Å²) in [5, 5.41) is 0. The highest BCUT2D eigenvalue weighted by molar-refractivity contribution is 7.81. The minimum Gasteiger partial charge on any atom is -0.726 e. The van der Waals surface area contributed by atoms with Crippen LogP contribution >= 0.6 is 0 Å². The number of hydrogen-bond donors (Lipinski definition) is 0. The van der Waals surface area contributed by atoms with Crippen molar-refractivity contribution in [3.05, 3.63) is 0 Å². The first-order chi connectivity index (χ1) is 7.79. The van der Waals surface area contributed by atoms with Crippen LogP contribution in [0.4, 0.5) is 0 Å². The average Bonchev–Trinajstić information content (AvgIpc) is 2.05. The normalized spacial score (nSPS) is 14.0. The van der Waals surface area contributed by atoms with E-state index in [9.17, 15) is 38.9 Å². The number of hydrogen-bond acceptors (Lipinski definition) is 12. The van der Waals surface area contributed by atoms with Gasteiger partial charge in [-0.25, -0.2) is 25.3 Å². The van der Waals surface area contributed by atoms with Crippen LogP contribution in [0.5, 0.6) is 0 Å². The maximum absolute atomic E-state index is 10.1. The van der Waals surface area contributed by atoms with E-state index in [1.54, 1.807) is 0 Å². The zero-order valence-electron chi connectivity index (χ0n) is 8.12. The van der Waals surface area contributed by atoms with E-state index in [2.05, 4.69) is 12.5 Å². The Morgan fingerprint density at radius 3 is 1.28 bits per heavy atom. The monoisotopic (exact) mass is 329 g/mol. The first-order valence-corrected chi connectivity index (χ1v) is 7.63. The molecule has 0 saturated carbocycles. The largest absolute Gasteiger partial charge is 0.726 e. The molecule has 0 aliphatic carbocycles. The highest BCUT2D eigenvalue weighted by Gasteiger charge is 2.17. The molecule has 0 aromatic heterocycles. The van der Waals surface area contributed by atoms with E-state index >= 15 is 0 Å². The molecule has 0 atom stereocenters. The summed E-state index contributed by atoms with van der Waals surface area (Å²) in [5.74, 6) is 0. The summed E-state index contributed by atoms with van der Waals surface area (Å²) in [6.45, 7) is -2.66. The second kappa shape index (κ2) is 6.17.